The molecule has 12 heteroatoms. The highest BCUT2D eigenvalue weighted by Crippen LogP contribution is 2.25. The Morgan fingerprint density at radius 3 is 1.10 bits per heavy atom. The lowest BCUT2D eigenvalue weighted by Crippen LogP contribution is -2.18. The largest absolute Gasteiger partial charge is 0.492 e. The summed E-state index contributed by atoms with van der Waals surface area (Å²) in [6.45, 7) is 0. The van der Waals surface area contributed by atoms with Crippen LogP contribution in [0.4, 0.5) is 0 Å². The zero-order chi connectivity index (χ0) is 29.0. The van der Waals surface area contributed by atoms with E-state index in [1.807, 2.05) is 21.6 Å². The van der Waals surface area contributed by atoms with Gasteiger partial charge in [-0.1, -0.05) is 85.8 Å². The molecule has 0 aliphatic carbocycles. The normalized spacial score (nSPS) is 11.1. The van der Waals surface area contributed by atoms with E-state index in [2.05, 4.69) is 0 Å². The Bertz CT molecular complexity index is 878. The van der Waals surface area contributed by atoms with Gasteiger partial charge in [-0.2, -0.15) is 0 Å². The van der Waals surface area contributed by atoms with E-state index in [4.69, 9.17) is 9.68 Å². The summed E-state index contributed by atoms with van der Waals surface area (Å²) >= 11 is 0. The van der Waals surface area contributed by atoms with Crippen molar-refractivity contribution < 1.29 is 39.7 Å². The molecule has 0 atom stereocenters. The molecule has 0 fully saturated rings. The van der Waals surface area contributed by atoms with Crippen LogP contribution in [0.1, 0.15) is 103 Å². The highest BCUT2D eigenvalue weighted by molar-refractivity contribution is 8.76. The molecule has 0 aliphatic heterocycles. The van der Waals surface area contributed by atoms with Crippen LogP contribution in [0.25, 0.3) is 0 Å². The molecule has 0 radical (unpaired) electrons. The predicted molar refractivity (Wildman–Crippen MR) is 157 cm³/mol. The Balaban J connectivity index is 1.26. The number of unbranched alkanes of at least 4 members (excludes halogenated alkanes) is 12. The summed E-state index contributed by atoms with van der Waals surface area (Å²) in [7, 11) is 3.93. The van der Waals surface area contributed by atoms with Crippen molar-refractivity contribution in [1.82, 2.24) is 9.46 Å². The minimum atomic E-state index is -0.469. The molecule has 0 unspecified atom stereocenters. The molecule has 0 saturated carbocycles. The molecule has 2 aromatic rings. The van der Waals surface area contributed by atoms with Crippen molar-refractivity contribution in [3.8, 4) is 23.5 Å². The summed E-state index contributed by atoms with van der Waals surface area (Å²) in [6, 6.07) is 5.03. The van der Waals surface area contributed by atoms with Crippen LogP contribution in [-0.2, 0) is 9.59 Å². The van der Waals surface area contributed by atoms with Crippen molar-refractivity contribution in [1.29, 1.82) is 0 Å². The third-order valence-electron chi connectivity index (χ3n) is 6.28. The second-order valence-electron chi connectivity index (χ2n) is 9.71. The molecule has 226 valence electrons. The number of aromatic nitrogens is 2. The molecule has 0 aromatic carbocycles. The monoisotopic (exact) mass is 600 g/mol. The number of carbonyl (C=O) groups excluding carboxylic acids is 2. The molecule has 0 bridgehead atoms. The van der Waals surface area contributed by atoms with Gasteiger partial charge in [0.05, 0.1) is 0 Å². The van der Waals surface area contributed by atoms with Gasteiger partial charge in [0.25, 0.3) is 0 Å². The third-order valence-corrected chi connectivity index (χ3v) is 8.86. The zero-order valence-corrected chi connectivity index (χ0v) is 24.8. The van der Waals surface area contributed by atoms with Crippen LogP contribution in [0.2, 0.25) is 0 Å². The Hall–Kier alpha value is -2.60. The highest BCUT2D eigenvalue weighted by atomic mass is 33.1. The van der Waals surface area contributed by atoms with Gasteiger partial charge < -0.3 is 30.1 Å². The van der Waals surface area contributed by atoms with Crippen LogP contribution in [0.5, 0.6) is 23.5 Å². The minimum absolute atomic E-state index is 0.263. The molecule has 0 aliphatic rings. The summed E-state index contributed by atoms with van der Waals surface area (Å²) in [5.74, 6) is 0.213. The molecular weight excluding hydrogens is 556 g/mol. The molecule has 2 heterocycles. The Labute approximate surface area is 244 Å². The SMILES string of the molecule is O=C(CCCCCCCCCSSCCCCCCCCCC(=O)On1c(O)ccc1O)On1c(O)ccc1O. The summed E-state index contributed by atoms with van der Waals surface area (Å²) in [5.41, 5.74) is 0. The van der Waals surface area contributed by atoms with E-state index >= 15 is 0 Å². The van der Waals surface area contributed by atoms with Crippen LogP contribution >= 0.6 is 21.6 Å². The fourth-order valence-electron chi connectivity index (χ4n) is 4.03. The Kier molecular flexibility index (Phi) is 17.1. The molecule has 0 spiro atoms. The second-order valence-corrected chi connectivity index (χ2v) is 12.4. The van der Waals surface area contributed by atoms with Crippen LogP contribution < -0.4 is 9.68 Å². The van der Waals surface area contributed by atoms with Gasteiger partial charge in [0.2, 0.25) is 23.5 Å². The fourth-order valence-corrected chi connectivity index (χ4v) is 6.33. The minimum Gasteiger partial charge on any atom is -0.492 e. The molecular formula is C28H44N2O8S2. The number of rotatable bonds is 23. The Morgan fingerprint density at radius 2 is 0.775 bits per heavy atom. The maximum Gasteiger partial charge on any atom is 0.333 e. The van der Waals surface area contributed by atoms with Crippen molar-refractivity contribution in [2.75, 3.05) is 11.5 Å². The lowest BCUT2D eigenvalue weighted by Gasteiger charge is -2.07. The van der Waals surface area contributed by atoms with Crippen LogP contribution in [0, 0.1) is 0 Å². The number of aromatic hydroxyl groups is 4. The highest BCUT2D eigenvalue weighted by Gasteiger charge is 2.12. The van der Waals surface area contributed by atoms with Crippen molar-refractivity contribution in [3.63, 3.8) is 0 Å². The smallest absolute Gasteiger partial charge is 0.333 e. The molecule has 2 aromatic heterocycles. The lowest BCUT2D eigenvalue weighted by molar-refractivity contribution is -0.146. The van der Waals surface area contributed by atoms with Gasteiger partial charge in [0.1, 0.15) is 0 Å². The standard InChI is InChI=1S/C28H44N2O8S2/c31-23-17-18-24(32)29(23)37-27(35)15-11-7-3-1-5-9-13-21-39-40-22-14-10-6-2-4-8-12-16-28(36)38-30-25(33)19-20-26(30)34/h17-20,31-34H,1-16,21-22H2. The van der Waals surface area contributed by atoms with Crippen molar-refractivity contribution >= 4 is 33.5 Å². The third kappa shape index (κ3) is 14.2. The first-order valence-corrected chi connectivity index (χ1v) is 16.7. The van der Waals surface area contributed by atoms with Gasteiger partial charge in [-0.05, 0) is 25.7 Å². The van der Waals surface area contributed by atoms with Crippen molar-refractivity contribution in [2.45, 2.75) is 103 Å². The van der Waals surface area contributed by atoms with Crippen LogP contribution in [0.15, 0.2) is 24.3 Å². The summed E-state index contributed by atoms with van der Waals surface area (Å²) in [4.78, 5) is 33.4. The first-order valence-electron chi connectivity index (χ1n) is 14.2. The van der Waals surface area contributed by atoms with E-state index in [0.29, 0.717) is 0 Å². The van der Waals surface area contributed by atoms with Crippen molar-refractivity contribution in [2.24, 2.45) is 0 Å². The zero-order valence-electron chi connectivity index (χ0n) is 23.2. The molecule has 0 saturated heterocycles. The van der Waals surface area contributed by atoms with Gasteiger partial charge in [0.15, 0.2) is 0 Å². The van der Waals surface area contributed by atoms with E-state index in [9.17, 15) is 30.0 Å². The number of hydrogen-bond acceptors (Lipinski definition) is 10. The number of carbonyl (C=O) groups is 2. The molecule has 4 N–H and O–H groups in total. The van der Waals surface area contributed by atoms with Gasteiger partial charge >= 0.3 is 11.9 Å². The van der Waals surface area contributed by atoms with Crippen LogP contribution in [-0.4, -0.2) is 53.3 Å². The number of hydrogen-bond donors (Lipinski definition) is 4. The topological polar surface area (TPSA) is 143 Å². The average Bonchev–Trinajstić information content (AvgIpc) is 3.42. The predicted octanol–water partition coefficient (Wildman–Crippen LogP) is 6.35. The van der Waals surface area contributed by atoms with Crippen LogP contribution in [0.3, 0.4) is 0 Å². The van der Waals surface area contributed by atoms with E-state index in [-0.39, 0.29) is 36.4 Å². The molecule has 40 heavy (non-hydrogen) atoms. The second kappa shape index (κ2) is 20.3. The Morgan fingerprint density at radius 1 is 0.500 bits per heavy atom. The lowest BCUT2D eigenvalue weighted by atomic mass is 10.1. The first-order chi connectivity index (χ1) is 19.4. The van der Waals surface area contributed by atoms with Gasteiger partial charge in [0, 0.05) is 48.6 Å². The first kappa shape index (κ1) is 33.6. The quantitative estimate of drug-likeness (QED) is 0.0842. The summed E-state index contributed by atoms with van der Waals surface area (Å²) in [5, 5.41) is 37.9. The van der Waals surface area contributed by atoms with E-state index in [0.717, 1.165) is 48.0 Å². The molecule has 10 nitrogen and oxygen atoms in total. The number of nitrogens with zero attached hydrogens (tertiary/aromatic N) is 2. The maximum absolute atomic E-state index is 11.8. The molecule has 2 rings (SSSR count). The van der Waals surface area contributed by atoms with Crippen molar-refractivity contribution in [3.05, 3.63) is 24.3 Å². The maximum atomic E-state index is 11.8. The summed E-state index contributed by atoms with van der Waals surface area (Å²) < 4.78 is 1.45. The average molecular weight is 601 g/mol. The summed E-state index contributed by atoms with van der Waals surface area (Å²) in [6.07, 6.45) is 15.8. The van der Waals surface area contributed by atoms with Gasteiger partial charge in [-0.3, -0.25) is 0 Å². The van der Waals surface area contributed by atoms with E-state index in [1.54, 1.807) is 0 Å². The fraction of sp³-hybridized carbons (Fsp3) is 0.643. The van der Waals surface area contributed by atoms with Gasteiger partial charge in [-0.25, -0.2) is 9.59 Å². The van der Waals surface area contributed by atoms with E-state index in [1.165, 1.54) is 87.1 Å². The van der Waals surface area contributed by atoms with E-state index < -0.39 is 11.9 Å². The molecule has 0 amide bonds. The van der Waals surface area contributed by atoms with Gasteiger partial charge in [-0.15, -0.1) is 9.46 Å².